The van der Waals surface area contributed by atoms with E-state index in [-0.39, 0.29) is 0 Å². The van der Waals surface area contributed by atoms with E-state index in [0.29, 0.717) is 25.9 Å². The second-order valence-electron chi connectivity index (χ2n) is 4.25. The van der Waals surface area contributed by atoms with Gasteiger partial charge in [0, 0.05) is 5.92 Å². The van der Waals surface area contributed by atoms with E-state index in [0.717, 1.165) is 7.11 Å². The van der Waals surface area contributed by atoms with Crippen molar-refractivity contribution in [3.05, 3.63) is 0 Å². The number of rotatable bonds is 3. The SMILES string of the molecule is COC(=O)C(N)C(F)(F)C1CCN(C)CC1. The first-order chi connectivity index (χ1) is 7.39. The van der Waals surface area contributed by atoms with Crippen LogP contribution in [0.5, 0.6) is 0 Å². The number of likely N-dealkylation sites (tertiary alicyclic amines) is 1. The van der Waals surface area contributed by atoms with Gasteiger partial charge in [-0.3, -0.25) is 4.79 Å². The Morgan fingerprint density at radius 1 is 1.50 bits per heavy atom. The van der Waals surface area contributed by atoms with Crippen molar-refractivity contribution in [3.8, 4) is 0 Å². The van der Waals surface area contributed by atoms with Crippen LogP contribution in [-0.4, -0.2) is 50.1 Å². The van der Waals surface area contributed by atoms with Crippen LogP contribution in [0.2, 0.25) is 0 Å². The summed E-state index contributed by atoms with van der Waals surface area (Å²) < 4.78 is 31.9. The Labute approximate surface area is 93.7 Å². The number of esters is 1. The van der Waals surface area contributed by atoms with Crippen LogP contribution >= 0.6 is 0 Å². The summed E-state index contributed by atoms with van der Waals surface area (Å²) >= 11 is 0. The molecule has 1 atom stereocenters. The van der Waals surface area contributed by atoms with Crippen molar-refractivity contribution in [2.24, 2.45) is 11.7 Å². The average Bonchev–Trinajstić information content (AvgIpc) is 2.27. The first-order valence-corrected chi connectivity index (χ1v) is 5.29. The second-order valence-corrected chi connectivity index (χ2v) is 4.25. The van der Waals surface area contributed by atoms with E-state index in [1.54, 1.807) is 0 Å². The van der Waals surface area contributed by atoms with E-state index >= 15 is 0 Å². The molecule has 0 bridgehead atoms. The van der Waals surface area contributed by atoms with Gasteiger partial charge in [0.15, 0.2) is 6.04 Å². The molecule has 2 N–H and O–H groups in total. The zero-order valence-corrected chi connectivity index (χ0v) is 9.58. The van der Waals surface area contributed by atoms with E-state index in [1.165, 1.54) is 0 Å². The van der Waals surface area contributed by atoms with Gasteiger partial charge in [0.05, 0.1) is 7.11 Å². The zero-order chi connectivity index (χ0) is 12.3. The molecule has 1 unspecified atom stereocenters. The normalized spacial score (nSPS) is 21.8. The minimum Gasteiger partial charge on any atom is -0.468 e. The summed E-state index contributed by atoms with van der Waals surface area (Å²) in [5, 5.41) is 0. The highest BCUT2D eigenvalue weighted by molar-refractivity contribution is 5.76. The number of alkyl halides is 2. The Kier molecular flexibility index (Phi) is 4.21. The number of nitrogens with zero attached hydrogens (tertiary/aromatic N) is 1. The van der Waals surface area contributed by atoms with Gasteiger partial charge < -0.3 is 15.4 Å². The molecular weight excluding hydrogens is 218 g/mol. The Bertz CT molecular complexity index is 253. The number of piperidine rings is 1. The Hall–Kier alpha value is -0.750. The molecule has 0 spiro atoms. The number of carbonyl (C=O) groups is 1. The van der Waals surface area contributed by atoms with Gasteiger partial charge in [-0.1, -0.05) is 0 Å². The van der Waals surface area contributed by atoms with Gasteiger partial charge >= 0.3 is 5.97 Å². The van der Waals surface area contributed by atoms with Crippen LogP contribution in [0.1, 0.15) is 12.8 Å². The number of halogens is 2. The van der Waals surface area contributed by atoms with Crippen LogP contribution in [0.4, 0.5) is 8.78 Å². The Morgan fingerprint density at radius 2 is 2.00 bits per heavy atom. The summed E-state index contributed by atoms with van der Waals surface area (Å²) in [6.45, 7) is 1.21. The zero-order valence-electron chi connectivity index (χ0n) is 9.58. The molecule has 6 heteroatoms. The number of carbonyl (C=O) groups excluding carboxylic acids is 1. The summed E-state index contributed by atoms with van der Waals surface area (Å²) in [6, 6.07) is -1.86. The standard InChI is InChI=1S/C10H18F2N2O2/c1-14-5-3-7(4-6-14)10(11,12)8(13)9(15)16-2/h7-8H,3-6,13H2,1-2H3. The number of methoxy groups -OCH3 is 1. The molecule has 1 fully saturated rings. The summed E-state index contributed by atoms with van der Waals surface area (Å²) in [5.74, 6) is -5.07. The fourth-order valence-corrected chi connectivity index (χ4v) is 1.93. The third-order valence-electron chi connectivity index (χ3n) is 3.13. The lowest BCUT2D eigenvalue weighted by atomic mass is 9.87. The van der Waals surface area contributed by atoms with Crippen LogP contribution in [0, 0.1) is 5.92 Å². The minimum atomic E-state index is -3.19. The lowest BCUT2D eigenvalue weighted by molar-refractivity contribution is -0.160. The average molecular weight is 236 g/mol. The highest BCUT2D eigenvalue weighted by atomic mass is 19.3. The molecule has 1 rings (SSSR count). The fourth-order valence-electron chi connectivity index (χ4n) is 1.93. The van der Waals surface area contributed by atoms with E-state index in [9.17, 15) is 13.6 Å². The molecule has 0 aromatic heterocycles. The van der Waals surface area contributed by atoms with Crippen LogP contribution in [0.15, 0.2) is 0 Å². The fraction of sp³-hybridized carbons (Fsp3) is 0.900. The quantitative estimate of drug-likeness (QED) is 0.723. The third-order valence-corrected chi connectivity index (χ3v) is 3.13. The summed E-state index contributed by atoms with van der Waals surface area (Å²) in [4.78, 5) is 13.0. The molecule has 16 heavy (non-hydrogen) atoms. The second kappa shape index (κ2) is 5.05. The van der Waals surface area contributed by atoms with Gasteiger partial charge in [-0.15, -0.1) is 0 Å². The maximum absolute atomic E-state index is 13.8. The molecule has 1 heterocycles. The van der Waals surface area contributed by atoms with E-state index in [4.69, 9.17) is 5.73 Å². The molecule has 0 amide bonds. The molecule has 0 aromatic rings. The van der Waals surface area contributed by atoms with Crippen molar-refractivity contribution in [1.82, 2.24) is 4.90 Å². The topological polar surface area (TPSA) is 55.6 Å². The smallest absolute Gasteiger partial charge is 0.328 e. The number of hydrogen-bond acceptors (Lipinski definition) is 4. The molecule has 1 saturated heterocycles. The molecule has 94 valence electrons. The summed E-state index contributed by atoms with van der Waals surface area (Å²) in [6.07, 6.45) is 0.711. The van der Waals surface area contributed by atoms with Gasteiger partial charge in [-0.2, -0.15) is 0 Å². The predicted octanol–water partition coefficient (Wildman–Crippen LogP) is 0.464. The van der Waals surface area contributed by atoms with Crippen LogP contribution < -0.4 is 5.73 Å². The van der Waals surface area contributed by atoms with E-state index in [2.05, 4.69) is 4.74 Å². The van der Waals surface area contributed by atoms with Crippen LogP contribution in [0.3, 0.4) is 0 Å². The number of nitrogens with two attached hydrogens (primary N) is 1. The Morgan fingerprint density at radius 3 is 2.44 bits per heavy atom. The molecule has 0 saturated carbocycles. The van der Waals surface area contributed by atoms with Gasteiger partial charge in [0.25, 0.3) is 5.92 Å². The molecule has 1 aliphatic heterocycles. The van der Waals surface area contributed by atoms with Crippen molar-refractivity contribution in [1.29, 1.82) is 0 Å². The van der Waals surface area contributed by atoms with Gasteiger partial charge in [-0.05, 0) is 33.0 Å². The van der Waals surface area contributed by atoms with E-state index < -0.39 is 23.9 Å². The van der Waals surface area contributed by atoms with Crippen LogP contribution in [0.25, 0.3) is 0 Å². The number of ether oxygens (including phenoxy) is 1. The van der Waals surface area contributed by atoms with Gasteiger partial charge in [-0.25, -0.2) is 8.78 Å². The minimum absolute atomic E-state index is 0.355. The molecule has 0 aliphatic carbocycles. The van der Waals surface area contributed by atoms with Crippen molar-refractivity contribution in [3.63, 3.8) is 0 Å². The lowest BCUT2D eigenvalue weighted by Crippen LogP contribution is -2.54. The van der Waals surface area contributed by atoms with Crippen LogP contribution in [-0.2, 0) is 9.53 Å². The molecule has 1 aliphatic rings. The van der Waals surface area contributed by atoms with Crippen molar-refractivity contribution >= 4 is 5.97 Å². The monoisotopic (exact) mass is 236 g/mol. The molecule has 4 nitrogen and oxygen atoms in total. The summed E-state index contributed by atoms with van der Waals surface area (Å²) in [5.41, 5.74) is 5.23. The maximum Gasteiger partial charge on any atom is 0.328 e. The lowest BCUT2D eigenvalue weighted by Gasteiger charge is -2.35. The van der Waals surface area contributed by atoms with E-state index in [1.807, 2.05) is 11.9 Å². The first-order valence-electron chi connectivity index (χ1n) is 5.29. The predicted molar refractivity (Wildman–Crippen MR) is 55.2 cm³/mol. The first kappa shape index (κ1) is 13.3. The molecule has 0 radical (unpaired) electrons. The molecular formula is C10H18F2N2O2. The van der Waals surface area contributed by atoms with Crippen molar-refractivity contribution in [2.75, 3.05) is 27.2 Å². The highest BCUT2D eigenvalue weighted by Crippen LogP contribution is 2.35. The summed E-state index contributed by atoms with van der Waals surface area (Å²) in [7, 11) is 2.95. The third kappa shape index (κ3) is 2.68. The highest BCUT2D eigenvalue weighted by Gasteiger charge is 2.49. The van der Waals surface area contributed by atoms with Crippen molar-refractivity contribution < 1.29 is 18.3 Å². The maximum atomic E-state index is 13.8. The Balaban J connectivity index is 2.65. The molecule has 0 aromatic carbocycles. The van der Waals surface area contributed by atoms with Gasteiger partial charge in [0.1, 0.15) is 0 Å². The number of hydrogen-bond donors (Lipinski definition) is 1. The van der Waals surface area contributed by atoms with Gasteiger partial charge in [0.2, 0.25) is 0 Å². The van der Waals surface area contributed by atoms with Crippen molar-refractivity contribution in [2.45, 2.75) is 24.8 Å². The largest absolute Gasteiger partial charge is 0.468 e.